The Bertz CT molecular complexity index is 1020. The number of nitrogens with one attached hydrogen (secondary N) is 3. The number of carbonyl (C=O) groups excluding carboxylic acids is 2. The summed E-state index contributed by atoms with van der Waals surface area (Å²) in [5.41, 5.74) is 3.05. The number of rotatable bonds is 3. The van der Waals surface area contributed by atoms with Crippen LogP contribution >= 0.6 is 0 Å². The van der Waals surface area contributed by atoms with Gasteiger partial charge in [-0.1, -0.05) is 6.07 Å². The van der Waals surface area contributed by atoms with E-state index in [2.05, 4.69) is 15.6 Å². The van der Waals surface area contributed by atoms with Crippen LogP contribution in [-0.4, -0.2) is 16.8 Å². The molecule has 6 heteroatoms. The van der Waals surface area contributed by atoms with Gasteiger partial charge in [0.1, 0.15) is 0 Å². The molecule has 3 N–H and O–H groups in total. The molecule has 0 saturated carbocycles. The predicted octanol–water partition coefficient (Wildman–Crippen LogP) is 3.05. The number of hydrogen-bond donors (Lipinski definition) is 3. The summed E-state index contributed by atoms with van der Waals surface area (Å²) in [6.07, 6.45) is 0. The van der Waals surface area contributed by atoms with Crippen molar-refractivity contribution in [1.82, 2.24) is 4.98 Å². The summed E-state index contributed by atoms with van der Waals surface area (Å²) >= 11 is 0. The molecular weight excluding hydrogens is 318 g/mol. The van der Waals surface area contributed by atoms with Crippen LogP contribution in [0, 0.1) is 6.92 Å². The molecule has 0 spiro atoms. The Hall–Kier alpha value is -3.41. The lowest BCUT2D eigenvalue weighted by Gasteiger charge is -2.08. The van der Waals surface area contributed by atoms with Crippen molar-refractivity contribution in [3.05, 3.63) is 70.0 Å². The van der Waals surface area contributed by atoms with Crippen molar-refractivity contribution in [3.8, 4) is 0 Å². The summed E-state index contributed by atoms with van der Waals surface area (Å²) in [4.78, 5) is 37.7. The highest BCUT2D eigenvalue weighted by Gasteiger charge is 2.08. The van der Waals surface area contributed by atoms with E-state index in [4.69, 9.17) is 0 Å². The van der Waals surface area contributed by atoms with Crippen molar-refractivity contribution in [1.29, 1.82) is 0 Å². The minimum atomic E-state index is -0.274. The van der Waals surface area contributed by atoms with Crippen molar-refractivity contribution in [2.45, 2.75) is 13.8 Å². The van der Waals surface area contributed by atoms with Crippen molar-refractivity contribution in [3.63, 3.8) is 0 Å². The third kappa shape index (κ3) is 3.74. The molecule has 0 radical (unpaired) electrons. The summed E-state index contributed by atoms with van der Waals surface area (Å²) in [6.45, 7) is 3.29. The maximum atomic E-state index is 12.3. The van der Waals surface area contributed by atoms with Crippen LogP contribution in [0.2, 0.25) is 0 Å². The normalized spacial score (nSPS) is 10.5. The van der Waals surface area contributed by atoms with Crippen LogP contribution < -0.4 is 16.2 Å². The average Bonchev–Trinajstić information content (AvgIpc) is 2.54. The Morgan fingerprint density at radius 1 is 0.920 bits per heavy atom. The molecule has 0 aliphatic rings. The molecule has 2 amide bonds. The number of fused-ring (bicyclic) bond motifs is 1. The number of aromatic nitrogens is 1. The van der Waals surface area contributed by atoms with Crippen molar-refractivity contribution in [2.75, 3.05) is 10.6 Å². The second-order valence-electron chi connectivity index (χ2n) is 5.79. The third-order valence-corrected chi connectivity index (χ3v) is 3.78. The van der Waals surface area contributed by atoms with Gasteiger partial charge in [0.05, 0.1) is 5.52 Å². The molecule has 1 heterocycles. The van der Waals surface area contributed by atoms with E-state index in [-0.39, 0.29) is 17.4 Å². The fourth-order valence-corrected chi connectivity index (χ4v) is 2.62. The quantitative estimate of drug-likeness (QED) is 0.687. The molecule has 3 aromatic rings. The topological polar surface area (TPSA) is 91.1 Å². The monoisotopic (exact) mass is 335 g/mol. The van der Waals surface area contributed by atoms with Gasteiger partial charge in [-0.05, 0) is 48.9 Å². The molecule has 6 nitrogen and oxygen atoms in total. The average molecular weight is 335 g/mol. The Morgan fingerprint density at radius 3 is 2.28 bits per heavy atom. The molecule has 2 aromatic carbocycles. The van der Waals surface area contributed by atoms with E-state index in [0.29, 0.717) is 22.5 Å². The number of carbonyl (C=O) groups is 2. The summed E-state index contributed by atoms with van der Waals surface area (Å²) in [7, 11) is 0. The van der Waals surface area contributed by atoms with Gasteiger partial charge in [-0.25, -0.2) is 0 Å². The van der Waals surface area contributed by atoms with Gasteiger partial charge in [0.2, 0.25) is 11.5 Å². The largest absolute Gasteiger partial charge is 0.326 e. The second-order valence-corrected chi connectivity index (χ2v) is 5.79. The van der Waals surface area contributed by atoms with Gasteiger partial charge >= 0.3 is 0 Å². The summed E-state index contributed by atoms with van der Waals surface area (Å²) < 4.78 is 0. The number of benzene rings is 2. The molecule has 1 aromatic heterocycles. The number of aromatic amines is 1. The van der Waals surface area contributed by atoms with Crippen LogP contribution in [0.5, 0.6) is 0 Å². The van der Waals surface area contributed by atoms with Gasteiger partial charge in [0.15, 0.2) is 0 Å². The summed E-state index contributed by atoms with van der Waals surface area (Å²) in [6, 6.07) is 13.5. The van der Waals surface area contributed by atoms with Crippen molar-refractivity contribution < 1.29 is 9.59 Å². The first-order valence-electron chi connectivity index (χ1n) is 7.75. The van der Waals surface area contributed by atoms with Crippen LogP contribution in [0.25, 0.3) is 10.9 Å². The maximum Gasteiger partial charge on any atom is 0.255 e. The van der Waals surface area contributed by atoms with Gasteiger partial charge in [-0.3, -0.25) is 14.4 Å². The Morgan fingerprint density at radius 2 is 1.60 bits per heavy atom. The zero-order valence-corrected chi connectivity index (χ0v) is 13.8. The van der Waals surface area contributed by atoms with Gasteiger partial charge < -0.3 is 15.6 Å². The Balaban J connectivity index is 1.82. The fraction of sp³-hybridized carbons (Fsp3) is 0.105. The molecule has 0 saturated heterocycles. The number of pyridine rings is 1. The lowest BCUT2D eigenvalue weighted by Crippen LogP contribution is -2.13. The van der Waals surface area contributed by atoms with Gasteiger partial charge in [-0.15, -0.1) is 0 Å². The zero-order valence-electron chi connectivity index (χ0n) is 13.8. The van der Waals surface area contributed by atoms with E-state index in [9.17, 15) is 14.4 Å². The van der Waals surface area contributed by atoms with Crippen LogP contribution in [-0.2, 0) is 4.79 Å². The summed E-state index contributed by atoms with van der Waals surface area (Å²) in [5, 5.41) is 6.38. The van der Waals surface area contributed by atoms with Crippen molar-refractivity contribution in [2.24, 2.45) is 0 Å². The molecule has 0 aliphatic heterocycles. The lowest BCUT2D eigenvalue weighted by molar-refractivity contribution is -0.114. The van der Waals surface area contributed by atoms with Crippen LogP contribution in [0.1, 0.15) is 22.8 Å². The standard InChI is InChI=1S/C19H17N3O3/c1-11-9-18(24)22-17-10-15(7-8-16(11)17)21-19(25)13-3-5-14(6-4-13)20-12(2)23/h3-10H,1-2H3,(H,20,23)(H,21,25)(H,22,24). The number of amides is 2. The van der Waals surface area contributed by atoms with Gasteiger partial charge in [-0.2, -0.15) is 0 Å². The molecule has 0 bridgehead atoms. The molecule has 0 unspecified atom stereocenters. The van der Waals surface area contributed by atoms with E-state index >= 15 is 0 Å². The highest BCUT2D eigenvalue weighted by Crippen LogP contribution is 2.20. The molecule has 126 valence electrons. The highest BCUT2D eigenvalue weighted by molar-refractivity contribution is 6.05. The molecule has 0 fully saturated rings. The van der Waals surface area contributed by atoms with Crippen LogP contribution in [0.4, 0.5) is 11.4 Å². The smallest absolute Gasteiger partial charge is 0.255 e. The molecular formula is C19H17N3O3. The number of anilines is 2. The second kappa shape index (κ2) is 6.60. The van der Waals surface area contributed by atoms with Gasteiger partial charge in [0.25, 0.3) is 5.91 Å². The zero-order chi connectivity index (χ0) is 18.0. The van der Waals surface area contributed by atoms with Crippen molar-refractivity contribution >= 4 is 34.1 Å². The third-order valence-electron chi connectivity index (χ3n) is 3.78. The molecule has 25 heavy (non-hydrogen) atoms. The number of aryl methyl sites for hydroxylation is 1. The minimum Gasteiger partial charge on any atom is -0.326 e. The maximum absolute atomic E-state index is 12.3. The SMILES string of the molecule is CC(=O)Nc1ccc(C(=O)Nc2ccc3c(C)cc(=O)[nH]c3c2)cc1. The Labute approximate surface area is 143 Å². The molecule has 0 aliphatic carbocycles. The van der Waals surface area contributed by atoms with Crippen LogP contribution in [0.15, 0.2) is 53.3 Å². The first-order chi connectivity index (χ1) is 11.9. The number of H-pyrrole nitrogens is 1. The van der Waals surface area contributed by atoms with E-state index < -0.39 is 0 Å². The van der Waals surface area contributed by atoms with E-state index in [1.165, 1.54) is 13.0 Å². The Kier molecular flexibility index (Phi) is 4.35. The first-order valence-corrected chi connectivity index (χ1v) is 7.75. The molecule has 0 atom stereocenters. The number of hydrogen-bond acceptors (Lipinski definition) is 3. The summed E-state index contributed by atoms with van der Waals surface area (Å²) in [5.74, 6) is -0.443. The lowest BCUT2D eigenvalue weighted by atomic mass is 10.1. The minimum absolute atomic E-state index is 0.169. The fourth-order valence-electron chi connectivity index (χ4n) is 2.62. The molecule has 3 rings (SSSR count). The highest BCUT2D eigenvalue weighted by atomic mass is 16.2. The van der Waals surface area contributed by atoms with Gasteiger partial charge in [0, 0.05) is 35.3 Å². The van der Waals surface area contributed by atoms with Crippen LogP contribution in [0.3, 0.4) is 0 Å². The first kappa shape index (κ1) is 16.4. The van der Waals surface area contributed by atoms with E-state index in [1.807, 2.05) is 13.0 Å². The predicted molar refractivity (Wildman–Crippen MR) is 98.0 cm³/mol. The van der Waals surface area contributed by atoms with E-state index in [0.717, 1.165) is 10.9 Å². The van der Waals surface area contributed by atoms with E-state index in [1.54, 1.807) is 36.4 Å².